The lowest BCUT2D eigenvalue weighted by atomic mass is 10.0. The molecule has 0 spiro atoms. The summed E-state index contributed by atoms with van der Waals surface area (Å²) in [5.74, 6) is -0.306. The lowest BCUT2D eigenvalue weighted by Crippen LogP contribution is -2.50. The first-order valence-electron chi connectivity index (χ1n) is 15.0. The number of piperidine rings is 1. The van der Waals surface area contributed by atoms with Crippen LogP contribution in [0, 0.1) is 0 Å². The average Bonchev–Trinajstić information content (AvgIpc) is 3.53. The van der Waals surface area contributed by atoms with Crippen molar-refractivity contribution in [1.82, 2.24) is 14.8 Å². The number of carbonyl (C=O) groups excluding carboxylic acids is 2. The Kier molecular flexibility index (Phi) is 8.76. The molecule has 236 valence electrons. The van der Waals surface area contributed by atoms with Crippen LogP contribution in [0.4, 0.5) is 35.2 Å². The number of nitrogens with zero attached hydrogens (tertiary/aromatic N) is 5. The number of urea groups is 1. The molecule has 10 nitrogen and oxygen atoms in total. The van der Waals surface area contributed by atoms with E-state index in [1.807, 2.05) is 59.5 Å². The summed E-state index contributed by atoms with van der Waals surface area (Å²) < 4.78 is 46.7. The molecule has 3 aliphatic rings. The van der Waals surface area contributed by atoms with Gasteiger partial charge >= 0.3 is 12.2 Å². The molecule has 0 saturated carbocycles. The molecule has 2 fully saturated rings. The third-order valence-corrected chi connectivity index (χ3v) is 8.15. The number of aromatic nitrogens is 1. The highest BCUT2D eigenvalue weighted by Crippen LogP contribution is 2.33. The van der Waals surface area contributed by atoms with E-state index in [9.17, 15) is 22.8 Å². The van der Waals surface area contributed by atoms with Gasteiger partial charge in [-0.05, 0) is 43.0 Å². The first kappa shape index (κ1) is 30.2. The molecule has 0 radical (unpaired) electrons. The van der Waals surface area contributed by atoms with Crippen LogP contribution in [0.3, 0.4) is 0 Å². The van der Waals surface area contributed by atoms with E-state index in [1.54, 1.807) is 21.9 Å². The predicted octanol–water partition coefficient (Wildman–Crippen LogP) is 5.21. The number of rotatable bonds is 5. The lowest BCUT2D eigenvalue weighted by Gasteiger charge is -2.35. The molecule has 2 N–H and O–H groups in total. The largest absolute Gasteiger partial charge is 0.449 e. The smallest absolute Gasteiger partial charge is 0.415 e. The summed E-state index contributed by atoms with van der Waals surface area (Å²) in [7, 11) is 0. The van der Waals surface area contributed by atoms with Crippen molar-refractivity contribution in [1.29, 1.82) is 0 Å². The van der Waals surface area contributed by atoms with Crippen LogP contribution >= 0.6 is 0 Å². The number of para-hydroxylation sites is 1. The van der Waals surface area contributed by atoms with Crippen LogP contribution in [0.25, 0.3) is 11.1 Å². The molecule has 2 aromatic carbocycles. The minimum Gasteiger partial charge on any atom is -0.449 e. The molecule has 0 bridgehead atoms. The van der Waals surface area contributed by atoms with Gasteiger partial charge in [0, 0.05) is 44.8 Å². The third kappa shape index (κ3) is 6.97. The van der Waals surface area contributed by atoms with Crippen molar-refractivity contribution in [2.24, 2.45) is 4.99 Å². The van der Waals surface area contributed by atoms with Crippen LogP contribution in [0.1, 0.15) is 19.3 Å². The number of anilines is 3. The van der Waals surface area contributed by atoms with Gasteiger partial charge in [0.25, 0.3) is 11.9 Å². The van der Waals surface area contributed by atoms with Gasteiger partial charge in [0.1, 0.15) is 5.82 Å². The van der Waals surface area contributed by atoms with Crippen LogP contribution in [0.5, 0.6) is 0 Å². The van der Waals surface area contributed by atoms with Gasteiger partial charge in [-0.25, -0.2) is 14.8 Å². The monoisotopic (exact) mass is 621 g/mol. The molecule has 4 heterocycles. The molecule has 13 heteroatoms. The number of aliphatic imine (C=N–C) groups is 1. The second-order valence-corrected chi connectivity index (χ2v) is 11.2. The zero-order chi connectivity index (χ0) is 31.4. The molecule has 3 aromatic rings. The van der Waals surface area contributed by atoms with Gasteiger partial charge in [0.05, 0.1) is 17.6 Å². The molecule has 6 rings (SSSR count). The van der Waals surface area contributed by atoms with Crippen LogP contribution in [0.2, 0.25) is 0 Å². The SMILES string of the molecule is O=C(Nc1ccc(N2CCN(C(=O)Nc3ccccc3-c3ccccc3)CC2)nc1)C1OC(N2CCCCC2)=NC1C(F)(F)F. The highest BCUT2D eigenvalue weighted by atomic mass is 19.4. The molecule has 2 unspecified atom stereocenters. The molecule has 2 saturated heterocycles. The van der Waals surface area contributed by atoms with Gasteiger partial charge < -0.3 is 30.1 Å². The van der Waals surface area contributed by atoms with Crippen LogP contribution in [0.15, 0.2) is 77.9 Å². The van der Waals surface area contributed by atoms with Crippen molar-refractivity contribution in [3.63, 3.8) is 0 Å². The Morgan fingerprint density at radius 2 is 1.51 bits per heavy atom. The van der Waals surface area contributed by atoms with Crippen molar-refractivity contribution in [2.75, 3.05) is 54.8 Å². The number of piperazine rings is 1. The number of carbonyl (C=O) groups is 2. The molecule has 2 atom stereocenters. The van der Waals surface area contributed by atoms with Gasteiger partial charge in [-0.15, -0.1) is 0 Å². The Bertz CT molecular complexity index is 1520. The normalized spacial score (nSPS) is 20.3. The van der Waals surface area contributed by atoms with Gasteiger partial charge in [0.2, 0.25) is 6.10 Å². The number of ether oxygens (including phenoxy) is 1. The molecular formula is C32H34F3N7O3. The predicted molar refractivity (Wildman–Crippen MR) is 165 cm³/mol. The van der Waals surface area contributed by atoms with Crippen LogP contribution in [-0.2, 0) is 9.53 Å². The summed E-state index contributed by atoms with van der Waals surface area (Å²) in [5.41, 5.74) is 2.92. The van der Waals surface area contributed by atoms with Crippen LogP contribution in [-0.4, -0.2) is 90.3 Å². The summed E-state index contributed by atoms with van der Waals surface area (Å²) in [5, 5.41) is 5.54. The maximum atomic E-state index is 13.8. The standard InChI is InChI=1S/C32H34F3N7O3/c33-32(34,35)28-27(45-31(39-28)42-15-7-2-8-16-42)29(43)37-23-13-14-26(36-21-23)40-17-19-41(20-18-40)30(44)38-25-12-6-5-11-24(25)22-9-3-1-4-10-22/h1,3-6,9-14,21,27-28H,2,7-8,15-20H2,(H,37,43)(H,38,44). The number of alkyl halides is 3. The Labute approximate surface area is 258 Å². The van der Waals surface area contributed by atoms with E-state index in [1.165, 1.54) is 6.20 Å². The number of pyridine rings is 1. The Hall–Kier alpha value is -4.81. The van der Waals surface area contributed by atoms with E-state index in [0.29, 0.717) is 45.1 Å². The lowest BCUT2D eigenvalue weighted by molar-refractivity contribution is -0.165. The first-order valence-corrected chi connectivity index (χ1v) is 15.0. The molecule has 1 aromatic heterocycles. The number of hydrogen-bond donors (Lipinski definition) is 2. The van der Waals surface area contributed by atoms with Crippen molar-refractivity contribution in [3.8, 4) is 11.1 Å². The average molecular weight is 622 g/mol. The Balaban J connectivity index is 1.03. The van der Waals surface area contributed by atoms with E-state index in [4.69, 9.17) is 4.74 Å². The fourth-order valence-corrected chi connectivity index (χ4v) is 5.73. The highest BCUT2D eigenvalue weighted by molar-refractivity contribution is 5.97. The fraction of sp³-hybridized carbons (Fsp3) is 0.375. The van der Waals surface area contributed by atoms with E-state index < -0.39 is 24.2 Å². The maximum absolute atomic E-state index is 13.8. The maximum Gasteiger partial charge on any atom is 0.415 e. The zero-order valence-electron chi connectivity index (χ0n) is 24.5. The summed E-state index contributed by atoms with van der Waals surface area (Å²) >= 11 is 0. The molecular weight excluding hydrogens is 587 g/mol. The number of benzene rings is 2. The van der Waals surface area contributed by atoms with Crippen molar-refractivity contribution < 1.29 is 27.5 Å². The summed E-state index contributed by atoms with van der Waals surface area (Å²) in [6.07, 6.45) is -2.49. The number of likely N-dealkylation sites (tertiary alicyclic amines) is 1. The van der Waals surface area contributed by atoms with E-state index >= 15 is 0 Å². The minimum atomic E-state index is -4.73. The quantitative estimate of drug-likeness (QED) is 0.406. The number of hydrogen-bond acceptors (Lipinski definition) is 7. The minimum absolute atomic E-state index is 0.126. The number of halogens is 3. The highest BCUT2D eigenvalue weighted by Gasteiger charge is 2.54. The molecule has 3 aliphatic heterocycles. The molecule has 45 heavy (non-hydrogen) atoms. The first-order chi connectivity index (χ1) is 21.8. The number of nitrogens with one attached hydrogen (secondary N) is 2. The van der Waals surface area contributed by atoms with Gasteiger partial charge in [-0.1, -0.05) is 48.5 Å². The van der Waals surface area contributed by atoms with E-state index in [-0.39, 0.29) is 17.7 Å². The topological polar surface area (TPSA) is 102 Å². The zero-order valence-corrected chi connectivity index (χ0v) is 24.5. The van der Waals surface area contributed by atoms with Gasteiger partial charge in [-0.2, -0.15) is 13.2 Å². The van der Waals surface area contributed by atoms with Crippen molar-refractivity contribution in [2.45, 2.75) is 37.6 Å². The second-order valence-electron chi connectivity index (χ2n) is 11.2. The number of amides is 3. The molecule has 3 amide bonds. The van der Waals surface area contributed by atoms with Gasteiger partial charge in [-0.3, -0.25) is 4.79 Å². The fourth-order valence-electron chi connectivity index (χ4n) is 5.73. The second kappa shape index (κ2) is 13.0. The Morgan fingerprint density at radius 1 is 0.800 bits per heavy atom. The van der Waals surface area contributed by atoms with Crippen molar-refractivity contribution >= 4 is 35.2 Å². The summed E-state index contributed by atoms with van der Waals surface area (Å²) in [6, 6.07) is 18.2. The summed E-state index contributed by atoms with van der Waals surface area (Å²) in [6.45, 7) is 3.10. The van der Waals surface area contributed by atoms with Crippen LogP contribution < -0.4 is 15.5 Å². The van der Waals surface area contributed by atoms with E-state index in [2.05, 4.69) is 20.6 Å². The molecule has 0 aliphatic carbocycles. The van der Waals surface area contributed by atoms with Crippen molar-refractivity contribution in [3.05, 3.63) is 72.9 Å². The van der Waals surface area contributed by atoms with E-state index in [0.717, 1.165) is 36.1 Å². The Morgan fingerprint density at radius 3 is 2.20 bits per heavy atom. The summed E-state index contributed by atoms with van der Waals surface area (Å²) in [4.78, 5) is 39.6. The third-order valence-electron chi connectivity index (χ3n) is 8.15. The van der Waals surface area contributed by atoms with Gasteiger partial charge in [0.15, 0.2) is 6.04 Å². The number of amidine groups is 1.